The van der Waals surface area contributed by atoms with Crippen LogP contribution in [0, 0.1) is 0 Å². The van der Waals surface area contributed by atoms with Crippen molar-refractivity contribution in [3.05, 3.63) is 0 Å². The van der Waals surface area contributed by atoms with Gasteiger partial charge in [0.1, 0.15) is 6.42 Å². The van der Waals surface area contributed by atoms with Gasteiger partial charge in [-0.3, -0.25) is 9.59 Å². The normalized spacial score (nSPS) is 9.26. The molecule has 0 aromatic carbocycles. The van der Waals surface area contributed by atoms with Gasteiger partial charge in [0.15, 0.2) is 0 Å². The van der Waals surface area contributed by atoms with Gasteiger partial charge in [0.05, 0.1) is 13.2 Å². The molecule has 0 rings (SSSR count). The van der Waals surface area contributed by atoms with E-state index in [9.17, 15) is 9.59 Å². The van der Waals surface area contributed by atoms with Crippen LogP contribution >= 0.6 is 0 Å². The standard InChI is InChI=1S/2C4H11NO.C3H4O4/c2*1-5(2)3-4-6;4-2(5)1-3(6)7/h2*6H,3-4H2,1-2H3;1H2,(H,4,5)(H,6,7). The van der Waals surface area contributed by atoms with Crippen molar-refractivity contribution in [1.82, 2.24) is 9.80 Å². The summed E-state index contributed by atoms with van der Waals surface area (Å²) < 4.78 is 0. The van der Waals surface area contributed by atoms with Crippen molar-refractivity contribution in [1.29, 1.82) is 0 Å². The van der Waals surface area contributed by atoms with Gasteiger partial charge >= 0.3 is 11.9 Å². The van der Waals surface area contributed by atoms with E-state index in [0.29, 0.717) is 0 Å². The van der Waals surface area contributed by atoms with Crippen LogP contribution in [0.5, 0.6) is 0 Å². The van der Waals surface area contributed by atoms with E-state index in [1.54, 1.807) is 0 Å². The summed E-state index contributed by atoms with van der Waals surface area (Å²) >= 11 is 0. The molecule has 8 heteroatoms. The van der Waals surface area contributed by atoms with Crippen LogP contribution in [0.15, 0.2) is 0 Å². The Bertz CT molecular complexity index is 199. The van der Waals surface area contributed by atoms with Gasteiger partial charge in [-0.2, -0.15) is 0 Å². The predicted molar refractivity (Wildman–Crippen MR) is 71.2 cm³/mol. The van der Waals surface area contributed by atoms with Crippen molar-refractivity contribution in [3.63, 3.8) is 0 Å². The molecule has 19 heavy (non-hydrogen) atoms. The fourth-order valence-corrected chi connectivity index (χ4v) is 0.529. The van der Waals surface area contributed by atoms with Crippen molar-refractivity contribution in [2.75, 3.05) is 54.5 Å². The van der Waals surface area contributed by atoms with E-state index in [2.05, 4.69) is 0 Å². The Morgan fingerprint density at radius 2 is 1.05 bits per heavy atom. The van der Waals surface area contributed by atoms with Crippen LogP contribution in [0.3, 0.4) is 0 Å². The number of carbonyl (C=O) groups is 2. The number of carboxylic acids is 2. The molecule has 0 atom stereocenters. The smallest absolute Gasteiger partial charge is 0.314 e. The third kappa shape index (κ3) is 47.6. The van der Waals surface area contributed by atoms with Crippen molar-refractivity contribution >= 4 is 11.9 Å². The summed E-state index contributed by atoms with van der Waals surface area (Å²) in [5, 5.41) is 31.8. The molecule has 0 amide bonds. The highest BCUT2D eigenvalue weighted by atomic mass is 16.4. The molecule has 0 heterocycles. The maximum atomic E-state index is 9.43. The zero-order chi connectivity index (χ0) is 15.8. The molecule has 0 fully saturated rings. The minimum atomic E-state index is -1.31. The van der Waals surface area contributed by atoms with E-state index in [4.69, 9.17) is 20.4 Å². The van der Waals surface area contributed by atoms with E-state index in [1.807, 2.05) is 38.0 Å². The number of nitrogens with zero attached hydrogens (tertiary/aromatic N) is 2. The Hall–Kier alpha value is -1.22. The number of aliphatic hydroxyl groups excluding tert-OH is 2. The molecule has 0 unspecified atom stereocenters. The Morgan fingerprint density at radius 1 is 0.789 bits per heavy atom. The minimum absolute atomic E-state index is 0.257. The molecule has 0 saturated carbocycles. The van der Waals surface area contributed by atoms with Crippen LogP contribution in [0.1, 0.15) is 6.42 Å². The lowest BCUT2D eigenvalue weighted by molar-refractivity contribution is -0.147. The van der Waals surface area contributed by atoms with E-state index in [-0.39, 0.29) is 13.2 Å². The first-order valence-electron chi connectivity index (χ1n) is 5.62. The van der Waals surface area contributed by atoms with Gasteiger partial charge in [0.2, 0.25) is 0 Å². The SMILES string of the molecule is CN(C)CCO.CN(C)CCO.O=C(O)CC(=O)O. The summed E-state index contributed by atoms with van der Waals surface area (Å²) in [4.78, 5) is 22.7. The quantitative estimate of drug-likeness (QED) is 0.440. The summed E-state index contributed by atoms with van der Waals surface area (Å²) in [7, 11) is 7.71. The average molecular weight is 282 g/mol. The zero-order valence-electron chi connectivity index (χ0n) is 12.0. The molecule has 0 aromatic heterocycles. The molecular weight excluding hydrogens is 256 g/mol. The third-order valence-corrected chi connectivity index (χ3v) is 1.40. The van der Waals surface area contributed by atoms with E-state index < -0.39 is 18.4 Å². The number of aliphatic carboxylic acids is 2. The van der Waals surface area contributed by atoms with Gasteiger partial charge in [-0.25, -0.2) is 0 Å². The number of hydrogen-bond donors (Lipinski definition) is 4. The predicted octanol–water partition coefficient (Wildman–Crippen LogP) is -1.37. The minimum Gasteiger partial charge on any atom is -0.481 e. The Morgan fingerprint density at radius 3 is 1.05 bits per heavy atom. The van der Waals surface area contributed by atoms with E-state index in [1.165, 1.54) is 0 Å². The molecule has 0 bridgehead atoms. The van der Waals surface area contributed by atoms with Crippen LogP contribution in [0.25, 0.3) is 0 Å². The van der Waals surface area contributed by atoms with Gasteiger partial charge in [-0.05, 0) is 28.2 Å². The molecule has 116 valence electrons. The highest BCUT2D eigenvalue weighted by molar-refractivity contribution is 5.88. The highest BCUT2D eigenvalue weighted by Crippen LogP contribution is 1.74. The second-order valence-electron chi connectivity index (χ2n) is 4.02. The van der Waals surface area contributed by atoms with Gasteiger partial charge < -0.3 is 30.2 Å². The third-order valence-electron chi connectivity index (χ3n) is 1.40. The van der Waals surface area contributed by atoms with Gasteiger partial charge in [0, 0.05) is 13.1 Å². The summed E-state index contributed by atoms with van der Waals surface area (Å²) in [6.07, 6.45) is -0.806. The van der Waals surface area contributed by atoms with Crippen molar-refractivity contribution in [3.8, 4) is 0 Å². The Kier molecular flexibility index (Phi) is 20.2. The van der Waals surface area contributed by atoms with Gasteiger partial charge in [-0.1, -0.05) is 0 Å². The van der Waals surface area contributed by atoms with Crippen LogP contribution < -0.4 is 0 Å². The van der Waals surface area contributed by atoms with Crippen molar-refractivity contribution in [2.24, 2.45) is 0 Å². The summed E-state index contributed by atoms with van der Waals surface area (Å²) in [5.74, 6) is -2.62. The van der Waals surface area contributed by atoms with Crippen LogP contribution in [-0.4, -0.2) is 96.7 Å². The lowest BCUT2D eigenvalue weighted by Crippen LogP contribution is -2.15. The van der Waals surface area contributed by atoms with Crippen LogP contribution in [0.2, 0.25) is 0 Å². The van der Waals surface area contributed by atoms with Crippen LogP contribution in [0.4, 0.5) is 0 Å². The second kappa shape index (κ2) is 16.8. The first-order valence-corrected chi connectivity index (χ1v) is 5.62. The topological polar surface area (TPSA) is 122 Å². The average Bonchev–Trinajstić information content (AvgIpc) is 2.15. The molecule has 8 nitrogen and oxygen atoms in total. The summed E-state index contributed by atoms with van der Waals surface area (Å²) in [6.45, 7) is 2.04. The Balaban J connectivity index is -0.000000203. The molecular formula is C11H26N2O6. The maximum Gasteiger partial charge on any atom is 0.314 e. The fraction of sp³-hybridized carbons (Fsp3) is 0.818. The van der Waals surface area contributed by atoms with E-state index in [0.717, 1.165) is 13.1 Å². The highest BCUT2D eigenvalue weighted by Gasteiger charge is 2.01. The summed E-state index contributed by atoms with van der Waals surface area (Å²) in [6, 6.07) is 0. The molecule has 0 aliphatic carbocycles. The molecule has 4 N–H and O–H groups in total. The monoisotopic (exact) mass is 282 g/mol. The molecule has 0 aliphatic heterocycles. The van der Waals surface area contributed by atoms with Crippen LogP contribution in [-0.2, 0) is 9.59 Å². The molecule has 0 saturated heterocycles. The van der Waals surface area contributed by atoms with Gasteiger partial charge in [0.25, 0.3) is 0 Å². The van der Waals surface area contributed by atoms with Crippen molar-refractivity contribution < 1.29 is 30.0 Å². The lowest BCUT2D eigenvalue weighted by Gasteiger charge is -2.03. The molecule has 0 radical (unpaired) electrons. The number of rotatable bonds is 6. The number of aliphatic hydroxyl groups is 2. The molecule has 0 spiro atoms. The number of likely N-dealkylation sites (N-methyl/N-ethyl adjacent to an activating group) is 2. The first kappa shape index (κ1) is 22.9. The first-order chi connectivity index (χ1) is 8.67. The largest absolute Gasteiger partial charge is 0.481 e. The fourth-order valence-electron chi connectivity index (χ4n) is 0.529. The number of carboxylic acid groups (broad SMARTS) is 2. The zero-order valence-corrected chi connectivity index (χ0v) is 12.0. The molecule has 0 aliphatic rings. The lowest BCUT2D eigenvalue weighted by atomic mass is 10.5. The Labute approximate surface area is 113 Å². The maximum absolute atomic E-state index is 9.43. The van der Waals surface area contributed by atoms with Crippen molar-refractivity contribution in [2.45, 2.75) is 6.42 Å². The van der Waals surface area contributed by atoms with Gasteiger partial charge in [-0.15, -0.1) is 0 Å². The molecule has 0 aromatic rings. The summed E-state index contributed by atoms with van der Waals surface area (Å²) in [5.41, 5.74) is 0. The number of hydrogen-bond acceptors (Lipinski definition) is 6. The second-order valence-corrected chi connectivity index (χ2v) is 4.02. The van der Waals surface area contributed by atoms with E-state index >= 15 is 0 Å².